The summed E-state index contributed by atoms with van der Waals surface area (Å²) in [5, 5.41) is 12.1. The van der Waals surface area contributed by atoms with Crippen molar-refractivity contribution in [2.75, 3.05) is 17.3 Å². The molecule has 0 aliphatic carbocycles. The lowest BCUT2D eigenvalue weighted by atomic mass is 10.0. The van der Waals surface area contributed by atoms with E-state index < -0.39 is 0 Å². The lowest BCUT2D eigenvalue weighted by Gasteiger charge is -2.26. The molecule has 0 fully saturated rings. The third-order valence-corrected chi connectivity index (χ3v) is 3.49. The number of anilines is 3. The summed E-state index contributed by atoms with van der Waals surface area (Å²) in [6.45, 7) is 0. The van der Waals surface area contributed by atoms with E-state index in [9.17, 15) is 4.79 Å². The molecule has 2 heterocycles. The van der Waals surface area contributed by atoms with Crippen molar-refractivity contribution in [1.82, 2.24) is 9.97 Å². The first-order valence-corrected chi connectivity index (χ1v) is 6.56. The monoisotopic (exact) mass is 279 g/mol. The van der Waals surface area contributed by atoms with Crippen LogP contribution in [0.25, 0.3) is 0 Å². The standard InChI is InChI=1S/C15H13N5O/c1-20-13-4-3-11(8-10(13)2-5-14(20)21)19-15-12(9-16)17-6-7-18-15/h3-4,6-8H,2,5H2,1H3,(H,18,19). The predicted octanol–water partition coefficient (Wildman–Crippen LogP) is 2.00. The molecule has 1 aromatic heterocycles. The van der Waals surface area contributed by atoms with Crippen LogP contribution in [0.5, 0.6) is 0 Å². The highest BCUT2D eigenvalue weighted by Gasteiger charge is 2.20. The van der Waals surface area contributed by atoms with Crippen molar-refractivity contribution in [1.29, 1.82) is 5.26 Å². The molecule has 1 aliphatic rings. The van der Waals surface area contributed by atoms with Gasteiger partial charge in [-0.1, -0.05) is 0 Å². The second-order valence-electron chi connectivity index (χ2n) is 4.79. The lowest BCUT2D eigenvalue weighted by molar-refractivity contribution is -0.118. The molecule has 0 atom stereocenters. The Hall–Kier alpha value is -2.94. The molecule has 0 saturated carbocycles. The minimum atomic E-state index is 0.129. The molecular formula is C15H13N5O. The molecule has 0 bridgehead atoms. The molecule has 0 spiro atoms. The Morgan fingerprint density at radius 2 is 2.10 bits per heavy atom. The fraction of sp³-hybridized carbons (Fsp3) is 0.200. The highest BCUT2D eigenvalue weighted by molar-refractivity contribution is 5.96. The largest absolute Gasteiger partial charge is 0.338 e. The molecule has 21 heavy (non-hydrogen) atoms. The molecular weight excluding hydrogens is 266 g/mol. The van der Waals surface area contributed by atoms with Gasteiger partial charge in [0.2, 0.25) is 5.91 Å². The molecule has 1 N–H and O–H groups in total. The maximum Gasteiger partial charge on any atom is 0.227 e. The quantitative estimate of drug-likeness (QED) is 0.909. The van der Waals surface area contributed by atoms with Crippen molar-refractivity contribution in [3.8, 4) is 6.07 Å². The number of nitriles is 1. The van der Waals surface area contributed by atoms with Crippen molar-refractivity contribution < 1.29 is 4.79 Å². The van der Waals surface area contributed by atoms with Crippen LogP contribution in [0, 0.1) is 11.3 Å². The zero-order valence-electron chi connectivity index (χ0n) is 11.5. The van der Waals surface area contributed by atoms with Gasteiger partial charge in [-0.25, -0.2) is 9.97 Å². The molecule has 1 aromatic carbocycles. The average Bonchev–Trinajstić information content (AvgIpc) is 2.52. The molecule has 0 saturated heterocycles. The molecule has 2 aromatic rings. The van der Waals surface area contributed by atoms with Gasteiger partial charge in [-0.15, -0.1) is 0 Å². The van der Waals surface area contributed by atoms with Crippen LogP contribution in [0.2, 0.25) is 0 Å². The SMILES string of the molecule is CN1C(=O)CCc2cc(Nc3nccnc3C#N)ccc21. The number of hydrogen-bond donors (Lipinski definition) is 1. The first kappa shape index (κ1) is 13.1. The van der Waals surface area contributed by atoms with Crippen molar-refractivity contribution in [3.05, 3.63) is 41.9 Å². The number of nitrogens with one attached hydrogen (secondary N) is 1. The number of benzene rings is 1. The van der Waals surface area contributed by atoms with Crippen LogP contribution in [-0.4, -0.2) is 22.9 Å². The van der Waals surface area contributed by atoms with Crippen molar-refractivity contribution in [2.24, 2.45) is 0 Å². The zero-order chi connectivity index (χ0) is 14.8. The van der Waals surface area contributed by atoms with Crippen molar-refractivity contribution >= 4 is 23.1 Å². The predicted molar refractivity (Wildman–Crippen MR) is 78.2 cm³/mol. The summed E-state index contributed by atoms with van der Waals surface area (Å²) in [6, 6.07) is 7.75. The van der Waals surface area contributed by atoms with Crippen molar-refractivity contribution in [2.45, 2.75) is 12.8 Å². The fourth-order valence-electron chi connectivity index (χ4n) is 2.38. The summed E-state index contributed by atoms with van der Waals surface area (Å²) in [7, 11) is 1.78. The summed E-state index contributed by atoms with van der Waals surface area (Å²) < 4.78 is 0. The number of carbonyl (C=O) groups excluding carboxylic acids is 1. The Kier molecular flexibility index (Phi) is 3.24. The summed E-state index contributed by atoms with van der Waals surface area (Å²) in [6.07, 6.45) is 4.26. The van der Waals surface area contributed by atoms with Gasteiger partial charge in [-0.2, -0.15) is 5.26 Å². The highest BCUT2D eigenvalue weighted by Crippen LogP contribution is 2.30. The van der Waals surface area contributed by atoms with Crippen LogP contribution in [0.3, 0.4) is 0 Å². The van der Waals surface area contributed by atoms with E-state index in [1.165, 1.54) is 12.4 Å². The first-order valence-electron chi connectivity index (χ1n) is 6.56. The molecule has 3 rings (SSSR count). The summed E-state index contributed by atoms with van der Waals surface area (Å²) in [5.41, 5.74) is 3.11. The van der Waals surface area contributed by atoms with Crippen LogP contribution in [-0.2, 0) is 11.2 Å². The van der Waals surface area contributed by atoms with E-state index in [0.29, 0.717) is 12.2 Å². The number of fused-ring (bicyclic) bond motifs is 1. The molecule has 0 radical (unpaired) electrons. The molecule has 1 amide bonds. The third-order valence-electron chi connectivity index (χ3n) is 3.49. The number of hydrogen-bond acceptors (Lipinski definition) is 5. The van der Waals surface area contributed by atoms with Crippen LogP contribution >= 0.6 is 0 Å². The second-order valence-corrected chi connectivity index (χ2v) is 4.79. The summed E-state index contributed by atoms with van der Waals surface area (Å²) >= 11 is 0. The molecule has 0 unspecified atom stereocenters. The maximum absolute atomic E-state index is 11.7. The van der Waals surface area contributed by atoms with E-state index in [1.807, 2.05) is 24.3 Å². The van der Waals surface area contributed by atoms with E-state index in [1.54, 1.807) is 11.9 Å². The molecule has 104 valence electrons. The van der Waals surface area contributed by atoms with Gasteiger partial charge in [0.15, 0.2) is 11.5 Å². The van der Waals surface area contributed by atoms with Gasteiger partial charge < -0.3 is 10.2 Å². The van der Waals surface area contributed by atoms with Gasteiger partial charge in [0.05, 0.1) is 0 Å². The van der Waals surface area contributed by atoms with Crippen LogP contribution in [0.4, 0.5) is 17.2 Å². The molecule has 6 heteroatoms. The molecule has 1 aliphatic heterocycles. The van der Waals surface area contributed by atoms with Crippen molar-refractivity contribution in [3.63, 3.8) is 0 Å². The topological polar surface area (TPSA) is 81.9 Å². The third kappa shape index (κ3) is 2.41. The Morgan fingerprint density at radius 1 is 1.29 bits per heavy atom. The number of aryl methyl sites for hydroxylation is 1. The van der Waals surface area contributed by atoms with E-state index in [0.717, 1.165) is 23.4 Å². The van der Waals surface area contributed by atoms with Crippen LogP contribution in [0.15, 0.2) is 30.6 Å². The maximum atomic E-state index is 11.7. The number of rotatable bonds is 2. The average molecular weight is 279 g/mol. The van der Waals surface area contributed by atoms with Gasteiger partial charge in [-0.3, -0.25) is 4.79 Å². The fourth-order valence-corrected chi connectivity index (χ4v) is 2.38. The minimum absolute atomic E-state index is 0.129. The van der Waals surface area contributed by atoms with Gasteiger partial charge in [-0.05, 0) is 30.2 Å². The van der Waals surface area contributed by atoms with Gasteiger partial charge in [0.25, 0.3) is 0 Å². The Balaban J connectivity index is 1.92. The Labute approximate surface area is 122 Å². The van der Waals surface area contributed by atoms with E-state index in [-0.39, 0.29) is 11.6 Å². The van der Waals surface area contributed by atoms with E-state index >= 15 is 0 Å². The molecule has 6 nitrogen and oxygen atoms in total. The van der Waals surface area contributed by atoms with Crippen LogP contribution < -0.4 is 10.2 Å². The highest BCUT2D eigenvalue weighted by atomic mass is 16.2. The Morgan fingerprint density at radius 3 is 2.90 bits per heavy atom. The van der Waals surface area contributed by atoms with Gasteiger partial charge in [0.1, 0.15) is 6.07 Å². The lowest BCUT2D eigenvalue weighted by Crippen LogP contribution is -2.31. The second kappa shape index (κ2) is 5.21. The minimum Gasteiger partial charge on any atom is -0.338 e. The van der Waals surface area contributed by atoms with E-state index in [4.69, 9.17) is 5.26 Å². The van der Waals surface area contributed by atoms with Gasteiger partial charge in [0, 0.05) is 37.2 Å². The number of nitrogens with zero attached hydrogens (tertiary/aromatic N) is 4. The summed E-state index contributed by atoms with van der Waals surface area (Å²) in [4.78, 5) is 21.4. The Bertz CT molecular complexity index is 750. The van der Waals surface area contributed by atoms with Gasteiger partial charge >= 0.3 is 0 Å². The van der Waals surface area contributed by atoms with Crippen LogP contribution in [0.1, 0.15) is 17.7 Å². The smallest absolute Gasteiger partial charge is 0.227 e. The zero-order valence-corrected chi connectivity index (χ0v) is 11.5. The normalized spacial score (nSPS) is 13.5. The van der Waals surface area contributed by atoms with E-state index in [2.05, 4.69) is 15.3 Å². The number of aromatic nitrogens is 2. The summed E-state index contributed by atoms with van der Waals surface area (Å²) in [5.74, 6) is 0.559. The number of carbonyl (C=O) groups is 1. The number of amides is 1. The first-order chi connectivity index (χ1) is 10.2.